The van der Waals surface area contributed by atoms with Gasteiger partial charge >= 0.3 is 0 Å². The number of hydrogen-bond acceptors (Lipinski definition) is 3. The molecule has 0 fully saturated rings. The monoisotopic (exact) mass is 247 g/mol. The van der Waals surface area contributed by atoms with Gasteiger partial charge in [0, 0.05) is 24.8 Å². The highest BCUT2D eigenvalue weighted by atomic mass is 16.5. The maximum Gasteiger partial charge on any atom is 0.120 e. The number of ether oxygens (including phenoxy) is 1. The Morgan fingerprint density at radius 1 is 1.50 bits per heavy atom. The Hall–Kier alpha value is -1.84. The maximum absolute atomic E-state index is 5.16. The summed E-state index contributed by atoms with van der Waals surface area (Å²) in [6.07, 6.45) is 1.80. The van der Waals surface area contributed by atoms with Crippen molar-refractivity contribution >= 4 is 17.8 Å². The van der Waals surface area contributed by atoms with Gasteiger partial charge in [0.1, 0.15) is 5.76 Å². The van der Waals surface area contributed by atoms with Gasteiger partial charge in [-0.3, -0.25) is 4.98 Å². The Kier molecular flexibility index (Phi) is 4.89. The van der Waals surface area contributed by atoms with Crippen LogP contribution in [-0.2, 0) is 4.74 Å². The first-order chi connectivity index (χ1) is 8.49. The van der Waals surface area contributed by atoms with Gasteiger partial charge in [0.05, 0.1) is 24.8 Å². The molecule has 0 aliphatic rings. The van der Waals surface area contributed by atoms with Crippen LogP contribution >= 0.6 is 0 Å². The van der Waals surface area contributed by atoms with Gasteiger partial charge < -0.3 is 9.64 Å². The fourth-order valence-electron chi connectivity index (χ4n) is 1.48. The third-order valence-electron chi connectivity index (χ3n) is 2.82. The van der Waals surface area contributed by atoms with E-state index in [0.29, 0.717) is 5.76 Å². The molecule has 4 nitrogen and oxygen atoms in total. The summed E-state index contributed by atoms with van der Waals surface area (Å²) in [4.78, 5) is 10.9. The largest absolute Gasteiger partial charge is 0.497 e. The van der Waals surface area contributed by atoms with E-state index in [1.807, 2.05) is 31.9 Å². The summed E-state index contributed by atoms with van der Waals surface area (Å²) in [5.41, 5.74) is 3.55. The lowest BCUT2D eigenvalue weighted by Gasteiger charge is -2.12. The van der Waals surface area contributed by atoms with Gasteiger partial charge in [-0.1, -0.05) is 6.58 Å². The van der Waals surface area contributed by atoms with E-state index in [0.717, 1.165) is 29.2 Å². The number of rotatable bonds is 5. The van der Waals surface area contributed by atoms with Crippen molar-refractivity contribution in [2.45, 2.75) is 20.8 Å². The zero-order valence-corrected chi connectivity index (χ0v) is 11.8. The molecule has 0 amide bonds. The van der Waals surface area contributed by atoms with Crippen LogP contribution < -0.4 is 0 Å². The normalized spacial score (nSPS) is 10.7. The van der Waals surface area contributed by atoms with E-state index in [-0.39, 0.29) is 0 Å². The predicted octanol–water partition coefficient (Wildman–Crippen LogP) is 2.93. The number of aryl methyl sites for hydroxylation is 2. The van der Waals surface area contributed by atoms with Gasteiger partial charge in [-0.2, -0.15) is 0 Å². The molecule has 18 heavy (non-hydrogen) atoms. The molecule has 0 atom stereocenters. The molecule has 0 unspecified atom stereocenters. The van der Waals surface area contributed by atoms with E-state index in [4.69, 9.17) is 4.74 Å². The van der Waals surface area contributed by atoms with Crippen LogP contribution in [0.5, 0.6) is 0 Å². The van der Waals surface area contributed by atoms with Crippen LogP contribution in [0.1, 0.15) is 23.9 Å². The number of methoxy groups -OCH3 is 1. The standard InChI is InChI=1S/C14H21N3O/c1-7-17(5)9-15-14-8-13(12(4)18-6)10(2)16-11(14)3/h8-9H,4,7H2,1-3,5-6H3. The van der Waals surface area contributed by atoms with Crippen LogP contribution in [-0.4, -0.2) is 36.9 Å². The molecule has 1 rings (SSSR count). The first-order valence-electron chi connectivity index (χ1n) is 5.95. The Morgan fingerprint density at radius 3 is 2.72 bits per heavy atom. The average Bonchev–Trinajstić information content (AvgIpc) is 2.36. The molecule has 1 heterocycles. The molecular formula is C14H21N3O. The van der Waals surface area contributed by atoms with Gasteiger partial charge in [0.15, 0.2) is 0 Å². The molecule has 1 aromatic heterocycles. The number of aromatic nitrogens is 1. The van der Waals surface area contributed by atoms with Crippen molar-refractivity contribution in [3.63, 3.8) is 0 Å². The van der Waals surface area contributed by atoms with Crippen LogP contribution in [0.25, 0.3) is 5.76 Å². The molecule has 0 aliphatic heterocycles. The summed E-state index contributed by atoms with van der Waals surface area (Å²) in [5, 5.41) is 0. The summed E-state index contributed by atoms with van der Waals surface area (Å²) in [6.45, 7) is 10.7. The molecule has 0 radical (unpaired) electrons. The fourth-order valence-corrected chi connectivity index (χ4v) is 1.48. The van der Waals surface area contributed by atoms with Crippen molar-refractivity contribution < 1.29 is 4.74 Å². The van der Waals surface area contributed by atoms with E-state index < -0.39 is 0 Å². The molecular weight excluding hydrogens is 226 g/mol. The predicted molar refractivity (Wildman–Crippen MR) is 76.2 cm³/mol. The smallest absolute Gasteiger partial charge is 0.120 e. The zero-order valence-electron chi connectivity index (χ0n) is 11.8. The van der Waals surface area contributed by atoms with Gasteiger partial charge in [-0.15, -0.1) is 0 Å². The minimum absolute atomic E-state index is 0.611. The van der Waals surface area contributed by atoms with Crippen LogP contribution in [0.4, 0.5) is 5.69 Å². The fraction of sp³-hybridized carbons (Fsp3) is 0.429. The minimum Gasteiger partial charge on any atom is -0.497 e. The lowest BCUT2D eigenvalue weighted by molar-refractivity contribution is 0.371. The molecule has 1 aromatic rings. The molecule has 0 saturated heterocycles. The molecule has 0 aliphatic carbocycles. The Morgan fingerprint density at radius 2 is 2.17 bits per heavy atom. The lowest BCUT2D eigenvalue weighted by atomic mass is 10.1. The molecule has 4 heteroatoms. The zero-order chi connectivity index (χ0) is 13.7. The summed E-state index contributed by atoms with van der Waals surface area (Å²) in [5.74, 6) is 0.611. The van der Waals surface area contributed by atoms with Gasteiger partial charge in [0.25, 0.3) is 0 Å². The molecule has 0 bridgehead atoms. The second kappa shape index (κ2) is 6.19. The van der Waals surface area contributed by atoms with E-state index in [9.17, 15) is 0 Å². The Labute approximate surface area is 109 Å². The topological polar surface area (TPSA) is 37.7 Å². The van der Waals surface area contributed by atoms with Gasteiger partial charge in [-0.25, -0.2) is 4.99 Å². The van der Waals surface area contributed by atoms with Crippen molar-refractivity contribution in [1.82, 2.24) is 9.88 Å². The molecule has 0 spiro atoms. The van der Waals surface area contributed by atoms with Crippen molar-refractivity contribution in [3.05, 3.63) is 29.6 Å². The van der Waals surface area contributed by atoms with Crippen molar-refractivity contribution in [2.24, 2.45) is 4.99 Å². The number of aliphatic imine (C=N–C) groups is 1. The van der Waals surface area contributed by atoms with Crippen molar-refractivity contribution in [1.29, 1.82) is 0 Å². The highest BCUT2D eigenvalue weighted by Gasteiger charge is 2.08. The SMILES string of the molecule is C=C(OC)c1cc(N=CN(C)CC)c(C)nc1C. The second-order valence-electron chi connectivity index (χ2n) is 4.17. The first kappa shape index (κ1) is 14.2. The van der Waals surface area contributed by atoms with Gasteiger partial charge in [0.2, 0.25) is 0 Å². The molecule has 0 aromatic carbocycles. The maximum atomic E-state index is 5.16. The van der Waals surface area contributed by atoms with Crippen molar-refractivity contribution in [2.75, 3.05) is 20.7 Å². The Bertz CT molecular complexity index is 466. The highest BCUT2D eigenvalue weighted by molar-refractivity contribution is 5.67. The summed E-state index contributed by atoms with van der Waals surface area (Å²) < 4.78 is 5.16. The van der Waals surface area contributed by atoms with Crippen LogP contribution in [0.3, 0.4) is 0 Å². The quantitative estimate of drug-likeness (QED) is 0.456. The van der Waals surface area contributed by atoms with E-state index >= 15 is 0 Å². The van der Waals surface area contributed by atoms with Gasteiger partial charge in [-0.05, 0) is 26.8 Å². The van der Waals surface area contributed by atoms with E-state index in [2.05, 4.69) is 23.5 Å². The summed E-state index contributed by atoms with van der Waals surface area (Å²) in [6, 6.07) is 1.96. The second-order valence-corrected chi connectivity index (χ2v) is 4.17. The van der Waals surface area contributed by atoms with Crippen LogP contribution in [0.2, 0.25) is 0 Å². The molecule has 98 valence electrons. The third-order valence-corrected chi connectivity index (χ3v) is 2.82. The van der Waals surface area contributed by atoms with Crippen molar-refractivity contribution in [3.8, 4) is 0 Å². The first-order valence-corrected chi connectivity index (χ1v) is 5.95. The van der Waals surface area contributed by atoms with Crippen LogP contribution in [0.15, 0.2) is 17.6 Å². The average molecular weight is 247 g/mol. The summed E-state index contributed by atoms with van der Waals surface area (Å²) >= 11 is 0. The number of hydrogen-bond donors (Lipinski definition) is 0. The highest BCUT2D eigenvalue weighted by Crippen LogP contribution is 2.24. The molecule has 0 saturated carbocycles. The van der Waals surface area contributed by atoms with E-state index in [1.165, 1.54) is 0 Å². The number of pyridine rings is 1. The summed E-state index contributed by atoms with van der Waals surface area (Å²) in [7, 11) is 3.59. The Balaban J connectivity index is 3.13. The molecule has 0 N–H and O–H groups in total. The van der Waals surface area contributed by atoms with Crippen LogP contribution in [0, 0.1) is 13.8 Å². The third kappa shape index (κ3) is 3.32. The lowest BCUT2D eigenvalue weighted by Crippen LogP contribution is -2.14. The van der Waals surface area contributed by atoms with E-state index in [1.54, 1.807) is 13.4 Å². The number of nitrogens with zero attached hydrogens (tertiary/aromatic N) is 3. The minimum atomic E-state index is 0.611.